The highest BCUT2D eigenvalue weighted by Crippen LogP contribution is 1.76. The molecule has 0 rings (SSSR count). The van der Waals surface area contributed by atoms with Crippen molar-refractivity contribution in [3.8, 4) is 0 Å². The van der Waals surface area contributed by atoms with Gasteiger partial charge in [0.05, 0.1) is 0 Å². The molecule has 0 spiro atoms. The van der Waals surface area contributed by atoms with Crippen molar-refractivity contribution in [1.82, 2.24) is 10.2 Å². The maximum atomic E-state index is 10.6. The number of likely N-dealkylation sites (N-methyl/N-ethyl adjacent to an activating group) is 1. The van der Waals surface area contributed by atoms with Crippen molar-refractivity contribution >= 4 is 35.8 Å². The van der Waals surface area contributed by atoms with E-state index in [9.17, 15) is 4.79 Å². The molecule has 1 amide bonds. The van der Waals surface area contributed by atoms with Crippen molar-refractivity contribution in [1.29, 1.82) is 0 Å². The molecule has 0 aliphatic rings. The van der Waals surface area contributed by atoms with Crippen molar-refractivity contribution in [3.05, 3.63) is 0 Å². The Kier molecular flexibility index (Phi) is 8.34. The SMILES string of the molecule is CNC(=O)CN=C(N)N(C)C.I. The van der Waals surface area contributed by atoms with E-state index in [2.05, 4.69) is 10.3 Å². The summed E-state index contributed by atoms with van der Waals surface area (Å²) >= 11 is 0. The predicted molar refractivity (Wildman–Crippen MR) is 59.7 cm³/mol. The van der Waals surface area contributed by atoms with Gasteiger partial charge >= 0.3 is 0 Å². The van der Waals surface area contributed by atoms with Gasteiger partial charge in [-0.1, -0.05) is 0 Å². The molecular formula is C6H15IN4O. The van der Waals surface area contributed by atoms with Gasteiger partial charge in [0.2, 0.25) is 5.91 Å². The number of hydrogen-bond donors (Lipinski definition) is 2. The summed E-state index contributed by atoms with van der Waals surface area (Å²) in [4.78, 5) is 16.1. The molecule has 0 aromatic heterocycles. The molecule has 0 aliphatic carbocycles. The molecule has 12 heavy (non-hydrogen) atoms. The fourth-order valence-electron chi connectivity index (χ4n) is 0.373. The number of amides is 1. The van der Waals surface area contributed by atoms with Gasteiger partial charge in [0.25, 0.3) is 0 Å². The summed E-state index contributed by atoms with van der Waals surface area (Å²) < 4.78 is 0. The first-order chi connectivity index (χ1) is 5.07. The minimum atomic E-state index is -0.144. The Morgan fingerprint density at radius 1 is 1.58 bits per heavy atom. The third-order valence-electron chi connectivity index (χ3n) is 1.12. The van der Waals surface area contributed by atoms with Gasteiger partial charge in [-0.05, 0) is 0 Å². The van der Waals surface area contributed by atoms with Gasteiger partial charge in [-0.25, -0.2) is 4.99 Å². The highest BCUT2D eigenvalue weighted by atomic mass is 127. The molecule has 0 radical (unpaired) electrons. The minimum Gasteiger partial charge on any atom is -0.370 e. The topological polar surface area (TPSA) is 70.7 Å². The third-order valence-corrected chi connectivity index (χ3v) is 1.12. The molecule has 72 valence electrons. The molecule has 0 aliphatic heterocycles. The van der Waals surface area contributed by atoms with E-state index in [-0.39, 0.29) is 36.4 Å². The molecule has 6 heteroatoms. The number of aliphatic imine (C=N–C) groups is 1. The zero-order chi connectivity index (χ0) is 8.85. The normalized spacial score (nSPS) is 10.1. The van der Waals surface area contributed by atoms with Gasteiger partial charge in [-0.15, -0.1) is 24.0 Å². The van der Waals surface area contributed by atoms with Crippen LogP contribution in [0, 0.1) is 0 Å². The molecule has 0 aromatic rings. The smallest absolute Gasteiger partial charge is 0.241 e. The van der Waals surface area contributed by atoms with E-state index in [0.29, 0.717) is 5.96 Å². The van der Waals surface area contributed by atoms with E-state index in [0.717, 1.165) is 0 Å². The van der Waals surface area contributed by atoms with E-state index in [1.54, 1.807) is 26.0 Å². The second-order valence-corrected chi connectivity index (χ2v) is 2.24. The molecule has 0 fully saturated rings. The molecule has 0 bridgehead atoms. The number of halogens is 1. The number of carbonyl (C=O) groups is 1. The monoisotopic (exact) mass is 286 g/mol. The fourth-order valence-corrected chi connectivity index (χ4v) is 0.373. The van der Waals surface area contributed by atoms with Crippen LogP contribution >= 0.6 is 24.0 Å². The molecule has 0 unspecified atom stereocenters. The number of carbonyl (C=O) groups excluding carboxylic acids is 1. The second-order valence-electron chi connectivity index (χ2n) is 2.24. The number of nitrogens with zero attached hydrogens (tertiary/aromatic N) is 2. The highest BCUT2D eigenvalue weighted by molar-refractivity contribution is 14.0. The third kappa shape index (κ3) is 6.20. The van der Waals surface area contributed by atoms with E-state index >= 15 is 0 Å². The summed E-state index contributed by atoms with van der Waals surface area (Å²) in [7, 11) is 5.09. The van der Waals surface area contributed by atoms with Gasteiger partial charge < -0.3 is 16.0 Å². The van der Waals surface area contributed by atoms with Crippen LogP contribution in [-0.2, 0) is 4.79 Å². The number of nitrogens with one attached hydrogen (secondary N) is 1. The summed E-state index contributed by atoms with van der Waals surface area (Å²) in [5.74, 6) is 0.211. The summed E-state index contributed by atoms with van der Waals surface area (Å²) in [6, 6.07) is 0. The van der Waals surface area contributed by atoms with Gasteiger partial charge in [-0.3, -0.25) is 4.79 Å². The largest absolute Gasteiger partial charge is 0.370 e. The van der Waals surface area contributed by atoms with Crippen molar-refractivity contribution in [2.24, 2.45) is 10.7 Å². The van der Waals surface area contributed by atoms with Crippen molar-refractivity contribution in [3.63, 3.8) is 0 Å². The summed E-state index contributed by atoms with van der Waals surface area (Å²) in [5, 5.41) is 2.44. The average Bonchev–Trinajstić information content (AvgIpc) is 1.99. The lowest BCUT2D eigenvalue weighted by Crippen LogP contribution is -2.32. The molecule has 5 nitrogen and oxygen atoms in total. The summed E-state index contributed by atoms with van der Waals surface area (Å²) in [6.07, 6.45) is 0. The zero-order valence-corrected chi connectivity index (χ0v) is 9.83. The van der Waals surface area contributed by atoms with Crippen molar-refractivity contribution in [2.45, 2.75) is 0 Å². The number of nitrogens with two attached hydrogens (primary N) is 1. The Bertz CT molecular complexity index is 169. The highest BCUT2D eigenvalue weighted by Gasteiger charge is 1.96. The van der Waals surface area contributed by atoms with Crippen LogP contribution in [-0.4, -0.2) is 44.5 Å². The maximum absolute atomic E-state index is 10.6. The molecule has 0 aromatic carbocycles. The Hall–Kier alpha value is -0.530. The number of hydrogen-bond acceptors (Lipinski definition) is 2. The predicted octanol–water partition coefficient (Wildman–Crippen LogP) is -0.773. The van der Waals surface area contributed by atoms with Crippen LogP contribution < -0.4 is 11.1 Å². The van der Waals surface area contributed by atoms with Crippen molar-refractivity contribution < 1.29 is 4.79 Å². The van der Waals surface area contributed by atoms with Crippen LogP contribution in [0.1, 0.15) is 0 Å². The van der Waals surface area contributed by atoms with E-state index in [4.69, 9.17) is 5.73 Å². The van der Waals surface area contributed by atoms with Crippen LogP contribution in [0.2, 0.25) is 0 Å². The van der Waals surface area contributed by atoms with Crippen LogP contribution in [0.25, 0.3) is 0 Å². The van der Waals surface area contributed by atoms with Gasteiger partial charge in [0.1, 0.15) is 6.54 Å². The average molecular weight is 286 g/mol. The Morgan fingerprint density at radius 3 is 2.42 bits per heavy atom. The first-order valence-corrected chi connectivity index (χ1v) is 3.25. The Morgan fingerprint density at radius 2 is 2.08 bits per heavy atom. The summed E-state index contributed by atoms with van der Waals surface area (Å²) in [6.45, 7) is 0.0838. The standard InChI is InChI=1S/C6H14N4O.HI/c1-8-5(11)4-9-6(7)10(2)3;/h4H2,1-3H3,(H2,7,9)(H,8,11);1H. The summed E-state index contributed by atoms with van der Waals surface area (Å²) in [5.41, 5.74) is 5.42. The van der Waals surface area contributed by atoms with Crippen LogP contribution in [0.3, 0.4) is 0 Å². The Balaban J connectivity index is 0. The molecule has 0 atom stereocenters. The van der Waals surface area contributed by atoms with E-state index in [1.165, 1.54) is 0 Å². The van der Waals surface area contributed by atoms with Gasteiger partial charge in [0, 0.05) is 21.1 Å². The lowest BCUT2D eigenvalue weighted by atomic mass is 10.6. The minimum absolute atomic E-state index is 0. The fraction of sp³-hybridized carbons (Fsp3) is 0.667. The number of rotatable bonds is 2. The first kappa shape index (κ1) is 14.0. The van der Waals surface area contributed by atoms with Crippen molar-refractivity contribution in [2.75, 3.05) is 27.7 Å². The quantitative estimate of drug-likeness (QED) is 0.398. The maximum Gasteiger partial charge on any atom is 0.241 e. The molecular weight excluding hydrogens is 271 g/mol. The lowest BCUT2D eigenvalue weighted by Gasteiger charge is -2.09. The lowest BCUT2D eigenvalue weighted by molar-refractivity contribution is -0.119. The molecule has 3 N–H and O–H groups in total. The van der Waals surface area contributed by atoms with Gasteiger partial charge in [0.15, 0.2) is 5.96 Å². The molecule has 0 saturated carbocycles. The first-order valence-electron chi connectivity index (χ1n) is 3.25. The van der Waals surface area contributed by atoms with Crippen LogP contribution in [0.5, 0.6) is 0 Å². The zero-order valence-electron chi connectivity index (χ0n) is 7.50. The molecule has 0 saturated heterocycles. The van der Waals surface area contributed by atoms with Crippen LogP contribution in [0.15, 0.2) is 4.99 Å². The van der Waals surface area contributed by atoms with E-state index in [1.807, 2.05) is 0 Å². The molecule has 0 heterocycles. The Labute approximate surface area is 89.4 Å². The van der Waals surface area contributed by atoms with Gasteiger partial charge in [-0.2, -0.15) is 0 Å². The number of guanidine groups is 1. The van der Waals surface area contributed by atoms with Crippen LogP contribution in [0.4, 0.5) is 0 Å². The van der Waals surface area contributed by atoms with E-state index < -0.39 is 0 Å². The second kappa shape index (κ2) is 7.14.